The molecule has 0 fully saturated rings. The van der Waals surface area contributed by atoms with Gasteiger partial charge in [0, 0.05) is 11.6 Å². The molecular formula is C20H16N3O4+. The number of nitrogens with two attached hydrogens (primary N) is 1. The molecule has 1 aliphatic rings. The molecule has 134 valence electrons. The molecule has 3 aromatic heterocycles. The molecule has 1 atom stereocenters. The molecule has 27 heavy (non-hydrogen) atoms. The second-order valence-corrected chi connectivity index (χ2v) is 6.33. The summed E-state index contributed by atoms with van der Waals surface area (Å²) >= 11 is 0. The highest BCUT2D eigenvalue weighted by Gasteiger charge is 2.37. The lowest BCUT2D eigenvalue weighted by atomic mass is 9.87. The Morgan fingerprint density at radius 3 is 2.74 bits per heavy atom. The first-order valence-corrected chi connectivity index (χ1v) is 8.45. The number of aromatic nitrogens is 2. The Hall–Kier alpha value is -3.74. The smallest absolute Gasteiger partial charge is 0.306 e. The summed E-state index contributed by atoms with van der Waals surface area (Å²) in [7, 11) is 0. The number of phenols is 1. The van der Waals surface area contributed by atoms with E-state index < -0.39 is 0 Å². The van der Waals surface area contributed by atoms with Crippen molar-refractivity contribution in [3.8, 4) is 17.4 Å². The Bertz CT molecular complexity index is 1100. The molecule has 1 aliphatic heterocycles. The Morgan fingerprint density at radius 1 is 1.11 bits per heavy atom. The van der Waals surface area contributed by atoms with Gasteiger partial charge in [-0.15, -0.1) is 0 Å². The molecular weight excluding hydrogens is 346 g/mol. The summed E-state index contributed by atoms with van der Waals surface area (Å²) in [6.45, 7) is 0.451. The van der Waals surface area contributed by atoms with Gasteiger partial charge in [0.05, 0.1) is 18.4 Å². The van der Waals surface area contributed by atoms with Crippen LogP contribution in [0.4, 0.5) is 5.82 Å². The highest BCUT2D eigenvalue weighted by molar-refractivity contribution is 5.60. The van der Waals surface area contributed by atoms with Crippen molar-refractivity contribution in [1.29, 1.82) is 0 Å². The molecule has 0 aliphatic carbocycles. The van der Waals surface area contributed by atoms with Crippen LogP contribution in [-0.4, -0.2) is 10.1 Å². The number of nitrogens with zero attached hydrogens (tertiary/aromatic N) is 2. The Morgan fingerprint density at radius 2 is 1.96 bits per heavy atom. The number of phenolic OH excluding ortho intramolecular Hbond substituents is 1. The number of nitrogen functional groups attached to an aromatic ring is 1. The number of fused-ring (bicyclic) bond motifs is 2. The summed E-state index contributed by atoms with van der Waals surface area (Å²) in [5.74, 6) is 2.74. The van der Waals surface area contributed by atoms with Gasteiger partial charge in [0.15, 0.2) is 0 Å². The quantitative estimate of drug-likeness (QED) is 0.478. The SMILES string of the molecule is Nc1c2c(nc[n+]1Cc1ccco1)Oc1cc(O)ccc1[C@@H]2c1ccco1. The van der Waals surface area contributed by atoms with Crippen molar-refractivity contribution in [2.75, 3.05) is 5.73 Å². The highest BCUT2D eigenvalue weighted by atomic mass is 16.5. The maximum atomic E-state index is 9.83. The van der Waals surface area contributed by atoms with E-state index in [1.807, 2.05) is 34.9 Å². The van der Waals surface area contributed by atoms with Crippen molar-refractivity contribution in [2.24, 2.45) is 0 Å². The van der Waals surface area contributed by atoms with Crippen LogP contribution in [0.25, 0.3) is 0 Å². The van der Waals surface area contributed by atoms with E-state index in [-0.39, 0.29) is 11.7 Å². The van der Waals surface area contributed by atoms with E-state index in [2.05, 4.69) is 4.98 Å². The third-order valence-electron chi connectivity index (χ3n) is 4.67. The first-order valence-electron chi connectivity index (χ1n) is 8.45. The summed E-state index contributed by atoms with van der Waals surface area (Å²) in [4.78, 5) is 4.45. The van der Waals surface area contributed by atoms with Crippen LogP contribution in [-0.2, 0) is 6.54 Å². The molecule has 0 radical (unpaired) electrons. The predicted molar refractivity (Wildman–Crippen MR) is 94.5 cm³/mol. The normalized spacial score (nSPS) is 15.0. The van der Waals surface area contributed by atoms with Crippen LogP contribution >= 0.6 is 0 Å². The molecule has 7 heteroatoms. The zero-order valence-electron chi connectivity index (χ0n) is 14.2. The number of benzene rings is 1. The van der Waals surface area contributed by atoms with Crippen LogP contribution in [0, 0.1) is 0 Å². The standard InChI is InChI=1S/C20H15N3O4/c21-19-18-17(15-4-2-8-26-15)14-6-5-12(24)9-16(14)27-20(18)22-11-23(19)10-13-3-1-7-25-13/h1-9,11,17,21,24H,10H2/p+1/t17-/m1/s1. The number of rotatable bonds is 3. The fourth-order valence-corrected chi connectivity index (χ4v) is 3.43. The van der Waals surface area contributed by atoms with Crippen LogP contribution in [0.1, 0.15) is 28.6 Å². The summed E-state index contributed by atoms with van der Waals surface area (Å²) < 4.78 is 18.8. The molecule has 0 saturated carbocycles. The molecule has 1 aromatic carbocycles. The zero-order chi connectivity index (χ0) is 18.4. The van der Waals surface area contributed by atoms with Gasteiger partial charge >= 0.3 is 5.88 Å². The van der Waals surface area contributed by atoms with Crippen LogP contribution < -0.4 is 15.0 Å². The van der Waals surface area contributed by atoms with Gasteiger partial charge in [-0.1, -0.05) is 11.1 Å². The van der Waals surface area contributed by atoms with E-state index in [1.165, 1.54) is 0 Å². The summed E-state index contributed by atoms with van der Waals surface area (Å²) in [5.41, 5.74) is 8.08. The molecule has 0 amide bonds. The van der Waals surface area contributed by atoms with E-state index in [9.17, 15) is 5.11 Å². The van der Waals surface area contributed by atoms with E-state index in [0.717, 1.165) is 22.6 Å². The topological polar surface area (TPSA) is 98.5 Å². The van der Waals surface area contributed by atoms with E-state index >= 15 is 0 Å². The third kappa shape index (κ3) is 2.52. The lowest BCUT2D eigenvalue weighted by Crippen LogP contribution is -2.40. The van der Waals surface area contributed by atoms with Gasteiger partial charge in [-0.3, -0.25) is 0 Å². The minimum Gasteiger partial charge on any atom is -0.508 e. The maximum absolute atomic E-state index is 9.83. The van der Waals surface area contributed by atoms with Crippen molar-refractivity contribution in [3.05, 3.63) is 84.0 Å². The highest BCUT2D eigenvalue weighted by Crippen LogP contribution is 2.48. The molecule has 4 aromatic rings. The summed E-state index contributed by atoms with van der Waals surface area (Å²) in [5, 5.41) is 9.83. The second kappa shape index (κ2) is 5.91. The fourth-order valence-electron chi connectivity index (χ4n) is 3.43. The van der Waals surface area contributed by atoms with Gasteiger partial charge in [0.2, 0.25) is 12.1 Å². The van der Waals surface area contributed by atoms with Gasteiger partial charge in [0.1, 0.15) is 35.1 Å². The predicted octanol–water partition coefficient (Wildman–Crippen LogP) is 3.18. The molecule has 4 heterocycles. The van der Waals surface area contributed by atoms with Crippen molar-refractivity contribution >= 4 is 5.82 Å². The number of aromatic hydroxyl groups is 1. The fraction of sp³-hybridized carbons (Fsp3) is 0.100. The lowest BCUT2D eigenvalue weighted by Gasteiger charge is -2.25. The van der Waals surface area contributed by atoms with Crippen LogP contribution in [0.2, 0.25) is 0 Å². The number of ether oxygens (including phenoxy) is 1. The maximum Gasteiger partial charge on any atom is 0.306 e. The third-order valence-corrected chi connectivity index (χ3v) is 4.67. The largest absolute Gasteiger partial charge is 0.508 e. The zero-order valence-corrected chi connectivity index (χ0v) is 14.2. The van der Waals surface area contributed by atoms with E-state index in [4.69, 9.17) is 19.3 Å². The van der Waals surface area contributed by atoms with Crippen LogP contribution in [0.5, 0.6) is 17.4 Å². The molecule has 3 N–H and O–H groups in total. The molecule has 5 rings (SSSR count). The van der Waals surface area contributed by atoms with E-state index in [1.54, 1.807) is 31.0 Å². The average Bonchev–Trinajstić information content (AvgIpc) is 3.36. The van der Waals surface area contributed by atoms with Crippen molar-refractivity contribution in [3.63, 3.8) is 0 Å². The van der Waals surface area contributed by atoms with Crippen molar-refractivity contribution < 1.29 is 23.2 Å². The Kier molecular flexibility index (Phi) is 3.39. The van der Waals surface area contributed by atoms with Crippen molar-refractivity contribution in [2.45, 2.75) is 12.5 Å². The average molecular weight is 362 g/mol. The van der Waals surface area contributed by atoms with Crippen LogP contribution in [0.3, 0.4) is 0 Å². The summed E-state index contributed by atoms with van der Waals surface area (Å²) in [6, 6.07) is 12.4. The van der Waals surface area contributed by atoms with Crippen molar-refractivity contribution in [1.82, 2.24) is 4.98 Å². The number of furan rings is 2. The lowest BCUT2D eigenvalue weighted by molar-refractivity contribution is -0.679. The molecule has 0 bridgehead atoms. The first-order chi connectivity index (χ1) is 13.2. The monoisotopic (exact) mass is 362 g/mol. The van der Waals surface area contributed by atoms with E-state index in [0.29, 0.717) is 24.0 Å². The number of hydrogen-bond donors (Lipinski definition) is 2. The minimum absolute atomic E-state index is 0.118. The number of hydrogen-bond acceptors (Lipinski definition) is 6. The molecule has 0 saturated heterocycles. The summed E-state index contributed by atoms with van der Waals surface area (Å²) in [6.07, 6.45) is 4.85. The van der Waals surface area contributed by atoms with Gasteiger partial charge in [0.25, 0.3) is 0 Å². The van der Waals surface area contributed by atoms with Gasteiger partial charge in [-0.2, -0.15) is 0 Å². The van der Waals surface area contributed by atoms with Gasteiger partial charge < -0.3 is 24.4 Å². The van der Waals surface area contributed by atoms with Gasteiger partial charge in [-0.25, -0.2) is 4.57 Å². The van der Waals surface area contributed by atoms with Crippen LogP contribution in [0.15, 0.2) is 70.2 Å². The second-order valence-electron chi connectivity index (χ2n) is 6.33. The molecule has 0 spiro atoms. The van der Waals surface area contributed by atoms with Gasteiger partial charge in [-0.05, 0) is 30.3 Å². The Balaban J connectivity index is 1.69. The number of anilines is 1. The minimum atomic E-state index is -0.295. The molecule has 7 nitrogen and oxygen atoms in total. The first kappa shape index (κ1) is 15.5. The Labute approximate surface area is 154 Å². The molecule has 0 unspecified atom stereocenters.